The van der Waals surface area contributed by atoms with Crippen LogP contribution in [0.2, 0.25) is 0 Å². The first-order valence-electron chi connectivity index (χ1n) is 5.89. The molecule has 0 spiro atoms. The monoisotopic (exact) mass is 243 g/mol. The Morgan fingerprint density at radius 3 is 2.94 bits per heavy atom. The van der Waals surface area contributed by atoms with Gasteiger partial charge in [-0.25, -0.2) is 0 Å². The second kappa shape index (κ2) is 6.81. The van der Waals surface area contributed by atoms with Crippen LogP contribution in [0, 0.1) is 0 Å². The van der Waals surface area contributed by atoms with Crippen LogP contribution in [0.5, 0.6) is 0 Å². The molecule has 0 aromatic rings. The predicted octanol–water partition coefficient (Wildman–Crippen LogP) is 0.653. The molecule has 0 saturated carbocycles. The highest BCUT2D eigenvalue weighted by atomic mass is 32.1. The van der Waals surface area contributed by atoms with Gasteiger partial charge in [-0.1, -0.05) is 12.2 Å². The van der Waals surface area contributed by atoms with Crippen LogP contribution in [0.15, 0.2) is 0 Å². The van der Waals surface area contributed by atoms with E-state index in [0.717, 1.165) is 45.2 Å². The molecule has 1 aliphatic rings. The molecule has 0 radical (unpaired) electrons. The van der Waals surface area contributed by atoms with Crippen LogP contribution in [0.4, 0.5) is 0 Å². The summed E-state index contributed by atoms with van der Waals surface area (Å²) in [6.45, 7) is 2.01. The highest BCUT2D eigenvalue weighted by molar-refractivity contribution is 7.80. The van der Waals surface area contributed by atoms with Gasteiger partial charge in [0, 0.05) is 7.05 Å². The Balaban J connectivity index is 2.25. The number of carbonyl (C=O) groups excluding carboxylic acids is 1. The summed E-state index contributed by atoms with van der Waals surface area (Å²) in [6, 6.07) is 0.0785. The highest BCUT2D eigenvalue weighted by Crippen LogP contribution is 2.17. The highest BCUT2D eigenvalue weighted by Gasteiger charge is 2.29. The summed E-state index contributed by atoms with van der Waals surface area (Å²) >= 11 is 4.83. The van der Waals surface area contributed by atoms with Gasteiger partial charge in [0.25, 0.3) is 0 Å². The SMILES string of the molecule is CNC(=O)C1CCCN1CCCCC(N)=S. The zero-order valence-electron chi connectivity index (χ0n) is 9.87. The summed E-state index contributed by atoms with van der Waals surface area (Å²) < 4.78 is 0. The average Bonchev–Trinajstić information content (AvgIpc) is 2.71. The molecule has 1 fully saturated rings. The van der Waals surface area contributed by atoms with Crippen molar-refractivity contribution in [1.82, 2.24) is 10.2 Å². The Labute approximate surface area is 103 Å². The van der Waals surface area contributed by atoms with Gasteiger partial charge in [0.15, 0.2) is 0 Å². The Morgan fingerprint density at radius 1 is 1.56 bits per heavy atom. The smallest absolute Gasteiger partial charge is 0.237 e. The number of rotatable bonds is 6. The molecule has 1 aliphatic heterocycles. The molecular weight excluding hydrogens is 222 g/mol. The van der Waals surface area contributed by atoms with E-state index in [0.29, 0.717) is 4.99 Å². The molecule has 92 valence electrons. The number of nitrogens with zero attached hydrogens (tertiary/aromatic N) is 1. The first-order valence-corrected chi connectivity index (χ1v) is 6.30. The second-order valence-electron chi connectivity index (χ2n) is 4.23. The number of likely N-dealkylation sites (N-methyl/N-ethyl adjacent to an activating group) is 1. The van der Waals surface area contributed by atoms with E-state index in [1.54, 1.807) is 7.05 Å². The quantitative estimate of drug-likeness (QED) is 0.531. The molecule has 0 aromatic heterocycles. The van der Waals surface area contributed by atoms with E-state index in [2.05, 4.69) is 10.2 Å². The summed E-state index contributed by atoms with van der Waals surface area (Å²) in [4.78, 5) is 14.4. The molecule has 1 unspecified atom stereocenters. The maximum Gasteiger partial charge on any atom is 0.237 e. The molecular formula is C11H21N3OS. The van der Waals surface area contributed by atoms with Gasteiger partial charge in [0.2, 0.25) is 5.91 Å². The lowest BCUT2D eigenvalue weighted by Gasteiger charge is -2.22. The fourth-order valence-corrected chi connectivity index (χ4v) is 2.32. The van der Waals surface area contributed by atoms with Crippen LogP contribution < -0.4 is 11.1 Å². The predicted molar refractivity (Wildman–Crippen MR) is 69.3 cm³/mol. The fraction of sp³-hybridized carbons (Fsp3) is 0.818. The second-order valence-corrected chi connectivity index (χ2v) is 4.76. The van der Waals surface area contributed by atoms with Gasteiger partial charge in [-0.15, -0.1) is 0 Å². The molecule has 1 amide bonds. The number of hydrogen-bond acceptors (Lipinski definition) is 3. The molecule has 1 rings (SSSR count). The minimum absolute atomic E-state index is 0.0785. The standard InChI is InChI=1S/C11H21N3OS/c1-13-11(15)9-5-4-8-14(9)7-3-2-6-10(12)16/h9H,2-8H2,1H3,(H2,12,16)(H,13,15). The van der Waals surface area contributed by atoms with Gasteiger partial charge in [-0.3, -0.25) is 9.69 Å². The zero-order chi connectivity index (χ0) is 12.0. The average molecular weight is 243 g/mol. The van der Waals surface area contributed by atoms with E-state index >= 15 is 0 Å². The molecule has 1 heterocycles. The molecule has 0 aliphatic carbocycles. The van der Waals surface area contributed by atoms with E-state index in [1.807, 2.05) is 0 Å². The lowest BCUT2D eigenvalue weighted by molar-refractivity contribution is -0.124. The Bertz CT molecular complexity index is 258. The number of nitrogens with one attached hydrogen (secondary N) is 1. The number of likely N-dealkylation sites (tertiary alicyclic amines) is 1. The van der Waals surface area contributed by atoms with Crippen molar-refractivity contribution in [2.45, 2.75) is 38.1 Å². The van der Waals surface area contributed by atoms with Gasteiger partial charge >= 0.3 is 0 Å². The van der Waals surface area contributed by atoms with Crippen molar-refractivity contribution in [3.05, 3.63) is 0 Å². The van der Waals surface area contributed by atoms with E-state index in [4.69, 9.17) is 18.0 Å². The Morgan fingerprint density at radius 2 is 2.31 bits per heavy atom. The van der Waals surface area contributed by atoms with E-state index in [-0.39, 0.29) is 11.9 Å². The largest absolute Gasteiger partial charge is 0.393 e. The number of thiocarbonyl (C=S) groups is 1. The van der Waals surface area contributed by atoms with Crippen LogP contribution in [0.3, 0.4) is 0 Å². The lowest BCUT2D eigenvalue weighted by atomic mass is 10.2. The summed E-state index contributed by atoms with van der Waals surface area (Å²) in [5.74, 6) is 0.145. The minimum atomic E-state index is 0.0785. The number of amides is 1. The Kier molecular flexibility index (Phi) is 5.69. The summed E-state index contributed by atoms with van der Waals surface area (Å²) in [6.07, 6.45) is 4.99. The zero-order valence-corrected chi connectivity index (χ0v) is 10.7. The topological polar surface area (TPSA) is 58.4 Å². The lowest BCUT2D eigenvalue weighted by Crippen LogP contribution is -2.42. The fourth-order valence-electron chi connectivity index (χ4n) is 2.17. The molecule has 4 nitrogen and oxygen atoms in total. The third-order valence-corrected chi connectivity index (χ3v) is 3.24. The first-order chi connectivity index (χ1) is 7.65. The normalized spacial score (nSPS) is 20.9. The van der Waals surface area contributed by atoms with Crippen molar-refractivity contribution in [3.63, 3.8) is 0 Å². The molecule has 1 saturated heterocycles. The van der Waals surface area contributed by atoms with Crippen LogP contribution in [0.1, 0.15) is 32.1 Å². The van der Waals surface area contributed by atoms with Gasteiger partial charge in [-0.2, -0.15) is 0 Å². The Hall–Kier alpha value is -0.680. The van der Waals surface area contributed by atoms with Crippen molar-refractivity contribution in [2.75, 3.05) is 20.1 Å². The van der Waals surface area contributed by atoms with Crippen molar-refractivity contribution in [1.29, 1.82) is 0 Å². The van der Waals surface area contributed by atoms with Gasteiger partial charge in [0.1, 0.15) is 0 Å². The van der Waals surface area contributed by atoms with Crippen molar-refractivity contribution in [2.24, 2.45) is 5.73 Å². The van der Waals surface area contributed by atoms with Crippen molar-refractivity contribution < 1.29 is 4.79 Å². The van der Waals surface area contributed by atoms with Crippen LogP contribution in [0.25, 0.3) is 0 Å². The van der Waals surface area contributed by atoms with Gasteiger partial charge in [-0.05, 0) is 45.2 Å². The van der Waals surface area contributed by atoms with E-state index in [9.17, 15) is 4.79 Å². The van der Waals surface area contributed by atoms with E-state index in [1.165, 1.54) is 0 Å². The summed E-state index contributed by atoms with van der Waals surface area (Å²) in [7, 11) is 1.70. The molecule has 0 bridgehead atoms. The van der Waals surface area contributed by atoms with Crippen molar-refractivity contribution in [3.8, 4) is 0 Å². The van der Waals surface area contributed by atoms with Crippen LogP contribution in [-0.2, 0) is 4.79 Å². The summed E-state index contributed by atoms with van der Waals surface area (Å²) in [5, 5.41) is 2.72. The molecule has 3 N–H and O–H groups in total. The number of carbonyl (C=O) groups is 1. The van der Waals surface area contributed by atoms with Gasteiger partial charge in [0.05, 0.1) is 11.0 Å². The minimum Gasteiger partial charge on any atom is -0.393 e. The number of unbranched alkanes of at least 4 members (excludes halogenated alkanes) is 1. The maximum absolute atomic E-state index is 11.6. The molecule has 5 heteroatoms. The first kappa shape index (κ1) is 13.4. The maximum atomic E-state index is 11.6. The van der Waals surface area contributed by atoms with Crippen molar-refractivity contribution >= 4 is 23.1 Å². The van der Waals surface area contributed by atoms with Crippen LogP contribution >= 0.6 is 12.2 Å². The van der Waals surface area contributed by atoms with Gasteiger partial charge < -0.3 is 11.1 Å². The van der Waals surface area contributed by atoms with Crippen LogP contribution in [-0.4, -0.2) is 42.0 Å². The number of hydrogen-bond donors (Lipinski definition) is 2. The number of nitrogens with two attached hydrogens (primary N) is 1. The third-order valence-electron chi connectivity index (χ3n) is 3.03. The third kappa shape index (κ3) is 4.06. The van der Waals surface area contributed by atoms with E-state index < -0.39 is 0 Å². The summed E-state index contributed by atoms with van der Waals surface area (Å²) in [5.41, 5.74) is 5.44. The molecule has 1 atom stereocenters. The molecule has 16 heavy (non-hydrogen) atoms. The molecule has 0 aromatic carbocycles.